The molecule has 0 amide bonds. The van der Waals surface area contributed by atoms with E-state index in [0.29, 0.717) is 6.04 Å². The maximum Gasteiger partial charge on any atom is 0.0525 e. The first-order valence-electron chi connectivity index (χ1n) is 5.39. The van der Waals surface area contributed by atoms with E-state index in [2.05, 4.69) is 44.0 Å². The average Bonchev–Trinajstić information content (AvgIpc) is 2.54. The Bertz CT molecular complexity index is 348. The predicted octanol–water partition coefficient (Wildman–Crippen LogP) is 3.43. The predicted molar refractivity (Wildman–Crippen MR) is 68.3 cm³/mol. The zero-order valence-corrected chi connectivity index (χ0v) is 10.8. The molecule has 0 radical (unpaired) electrons. The second-order valence-corrected chi connectivity index (χ2v) is 4.92. The van der Waals surface area contributed by atoms with Gasteiger partial charge in [0.2, 0.25) is 0 Å². The van der Waals surface area contributed by atoms with Crippen LogP contribution in [0.3, 0.4) is 0 Å². The Hall–Kier alpha value is -0.780. The molecule has 0 aliphatic rings. The van der Waals surface area contributed by atoms with Crippen LogP contribution in [0.5, 0.6) is 0 Å². The fraction of sp³-hybridized carbons (Fsp3) is 0.538. The van der Waals surface area contributed by atoms with Gasteiger partial charge < -0.3 is 5.32 Å². The Morgan fingerprint density at radius 2 is 2.20 bits per heavy atom. The monoisotopic (exact) mass is 221 g/mol. The first-order valence-corrected chi connectivity index (χ1v) is 6.20. The van der Waals surface area contributed by atoms with Crippen LogP contribution in [-0.4, -0.2) is 6.54 Å². The Labute approximate surface area is 96.9 Å². The van der Waals surface area contributed by atoms with Crippen LogP contribution >= 0.6 is 11.3 Å². The molecule has 1 rings (SSSR count). The lowest BCUT2D eigenvalue weighted by Crippen LogP contribution is -2.19. The van der Waals surface area contributed by atoms with Crippen molar-refractivity contribution in [2.75, 3.05) is 6.54 Å². The smallest absolute Gasteiger partial charge is 0.0525 e. The van der Waals surface area contributed by atoms with Gasteiger partial charge in [0.05, 0.1) is 6.04 Å². The molecule has 0 saturated heterocycles. The molecule has 1 atom stereocenters. The molecule has 0 aliphatic carbocycles. The highest BCUT2D eigenvalue weighted by Crippen LogP contribution is 2.27. The number of hydrogen-bond acceptors (Lipinski definition) is 2. The number of thiophene rings is 1. The first kappa shape index (κ1) is 12.3. The van der Waals surface area contributed by atoms with Crippen LogP contribution < -0.4 is 5.32 Å². The molecule has 15 heavy (non-hydrogen) atoms. The summed E-state index contributed by atoms with van der Waals surface area (Å²) in [5.74, 6) is 6.12. The van der Waals surface area contributed by atoms with Crippen LogP contribution in [0.15, 0.2) is 6.07 Å². The number of rotatable bonds is 4. The van der Waals surface area contributed by atoms with E-state index in [0.717, 1.165) is 13.0 Å². The van der Waals surface area contributed by atoms with Gasteiger partial charge >= 0.3 is 0 Å². The minimum atomic E-state index is 0.403. The standard InChI is InChI=1S/C13H19NS/c1-5-7-8-12(14-6-2)13-9-10(3)11(4)15-13/h9,12,14H,6,8H2,1-4H3. The molecule has 0 spiro atoms. The van der Waals surface area contributed by atoms with Gasteiger partial charge in [0.1, 0.15) is 0 Å². The Morgan fingerprint density at radius 3 is 2.67 bits per heavy atom. The summed E-state index contributed by atoms with van der Waals surface area (Å²) in [6, 6.07) is 2.69. The SMILES string of the molecule is CC#CCC(NCC)c1cc(C)c(C)s1. The molecular weight excluding hydrogens is 202 g/mol. The van der Waals surface area contributed by atoms with Crippen molar-refractivity contribution in [1.82, 2.24) is 5.32 Å². The van der Waals surface area contributed by atoms with E-state index in [1.807, 2.05) is 18.3 Å². The van der Waals surface area contributed by atoms with Gasteiger partial charge in [-0.15, -0.1) is 23.2 Å². The minimum Gasteiger partial charge on any atom is -0.309 e. The molecule has 0 aromatic carbocycles. The van der Waals surface area contributed by atoms with Gasteiger partial charge in [-0.1, -0.05) is 6.92 Å². The maximum atomic E-state index is 3.48. The second kappa shape index (κ2) is 5.95. The molecule has 0 saturated carbocycles. The maximum absolute atomic E-state index is 3.48. The molecule has 2 heteroatoms. The quantitative estimate of drug-likeness (QED) is 0.768. The lowest BCUT2D eigenvalue weighted by atomic mass is 10.1. The van der Waals surface area contributed by atoms with Gasteiger partial charge in [0.25, 0.3) is 0 Å². The summed E-state index contributed by atoms with van der Waals surface area (Å²) in [7, 11) is 0. The highest BCUT2D eigenvalue weighted by molar-refractivity contribution is 7.12. The van der Waals surface area contributed by atoms with E-state index >= 15 is 0 Å². The highest BCUT2D eigenvalue weighted by atomic mass is 32.1. The normalized spacial score (nSPS) is 12.0. The number of hydrogen-bond donors (Lipinski definition) is 1. The van der Waals surface area contributed by atoms with Gasteiger partial charge in [-0.2, -0.15) is 0 Å². The third-order valence-electron chi connectivity index (χ3n) is 2.46. The zero-order chi connectivity index (χ0) is 11.3. The minimum absolute atomic E-state index is 0.403. The molecule has 1 unspecified atom stereocenters. The molecule has 1 aromatic rings. The summed E-state index contributed by atoms with van der Waals surface area (Å²) >= 11 is 1.88. The van der Waals surface area contributed by atoms with Crippen molar-refractivity contribution >= 4 is 11.3 Å². The van der Waals surface area contributed by atoms with Crippen LogP contribution in [-0.2, 0) is 0 Å². The third-order valence-corrected chi connectivity index (χ3v) is 3.73. The molecule has 0 bridgehead atoms. The lowest BCUT2D eigenvalue weighted by Gasteiger charge is -2.12. The first-order chi connectivity index (χ1) is 7.19. The van der Waals surface area contributed by atoms with Crippen molar-refractivity contribution in [3.05, 3.63) is 21.4 Å². The number of aryl methyl sites for hydroxylation is 2. The topological polar surface area (TPSA) is 12.0 Å². The van der Waals surface area contributed by atoms with Crippen LogP contribution in [0, 0.1) is 25.7 Å². The largest absolute Gasteiger partial charge is 0.309 e. The van der Waals surface area contributed by atoms with Crippen molar-refractivity contribution < 1.29 is 0 Å². The molecular formula is C13H19NS. The third kappa shape index (κ3) is 3.37. The Morgan fingerprint density at radius 1 is 1.47 bits per heavy atom. The van der Waals surface area contributed by atoms with Gasteiger partial charge in [0.15, 0.2) is 0 Å². The lowest BCUT2D eigenvalue weighted by molar-refractivity contribution is 0.573. The molecule has 82 valence electrons. The summed E-state index contributed by atoms with van der Waals surface area (Å²) in [5, 5.41) is 3.48. The van der Waals surface area contributed by atoms with Gasteiger partial charge in [-0.3, -0.25) is 0 Å². The van der Waals surface area contributed by atoms with E-state index in [1.54, 1.807) is 0 Å². The fourth-order valence-corrected chi connectivity index (χ4v) is 2.62. The van der Waals surface area contributed by atoms with Gasteiger partial charge in [-0.25, -0.2) is 0 Å². The van der Waals surface area contributed by atoms with E-state index in [-0.39, 0.29) is 0 Å². The van der Waals surface area contributed by atoms with Crippen LogP contribution in [0.4, 0.5) is 0 Å². The van der Waals surface area contributed by atoms with Crippen molar-refractivity contribution in [3.8, 4) is 11.8 Å². The van der Waals surface area contributed by atoms with Crippen LogP contribution in [0.2, 0.25) is 0 Å². The summed E-state index contributed by atoms with van der Waals surface area (Å²) in [4.78, 5) is 2.83. The molecule has 0 aliphatic heterocycles. The summed E-state index contributed by atoms with van der Waals surface area (Å²) in [6.07, 6.45) is 0.906. The highest BCUT2D eigenvalue weighted by Gasteiger charge is 2.12. The molecule has 1 nitrogen and oxygen atoms in total. The van der Waals surface area contributed by atoms with E-state index < -0.39 is 0 Å². The van der Waals surface area contributed by atoms with Crippen molar-refractivity contribution in [3.63, 3.8) is 0 Å². The van der Waals surface area contributed by atoms with Gasteiger partial charge in [0, 0.05) is 16.2 Å². The summed E-state index contributed by atoms with van der Waals surface area (Å²) < 4.78 is 0. The van der Waals surface area contributed by atoms with E-state index in [4.69, 9.17) is 0 Å². The molecule has 1 N–H and O–H groups in total. The van der Waals surface area contributed by atoms with Crippen LogP contribution in [0.1, 0.15) is 41.6 Å². The Kier molecular flexibility index (Phi) is 4.87. The van der Waals surface area contributed by atoms with Crippen molar-refractivity contribution in [2.24, 2.45) is 0 Å². The van der Waals surface area contributed by atoms with Crippen LogP contribution in [0.25, 0.3) is 0 Å². The van der Waals surface area contributed by atoms with Crippen molar-refractivity contribution in [1.29, 1.82) is 0 Å². The molecule has 0 fully saturated rings. The fourth-order valence-electron chi connectivity index (χ4n) is 1.50. The molecule has 1 aromatic heterocycles. The molecule has 1 heterocycles. The average molecular weight is 221 g/mol. The van der Waals surface area contributed by atoms with E-state index in [9.17, 15) is 0 Å². The summed E-state index contributed by atoms with van der Waals surface area (Å²) in [5.41, 5.74) is 1.39. The second-order valence-electron chi connectivity index (χ2n) is 3.63. The van der Waals surface area contributed by atoms with Gasteiger partial charge in [-0.05, 0) is 38.9 Å². The van der Waals surface area contributed by atoms with E-state index in [1.165, 1.54) is 15.3 Å². The number of nitrogens with one attached hydrogen (secondary N) is 1. The van der Waals surface area contributed by atoms with Crippen molar-refractivity contribution in [2.45, 2.75) is 40.2 Å². The summed E-state index contributed by atoms with van der Waals surface area (Å²) in [6.45, 7) is 9.38. The Balaban J connectivity index is 2.81. The zero-order valence-electron chi connectivity index (χ0n) is 9.98.